The van der Waals surface area contributed by atoms with Crippen molar-refractivity contribution in [2.45, 2.75) is 19.4 Å². The van der Waals surface area contributed by atoms with E-state index in [1.54, 1.807) is 0 Å². The van der Waals surface area contributed by atoms with Crippen LogP contribution in [-0.2, 0) is 0 Å². The van der Waals surface area contributed by atoms with Gasteiger partial charge >= 0.3 is 0 Å². The molecule has 0 saturated carbocycles. The summed E-state index contributed by atoms with van der Waals surface area (Å²) in [4.78, 5) is 2.30. The van der Waals surface area contributed by atoms with E-state index < -0.39 is 0 Å². The quantitative estimate of drug-likeness (QED) is 0.876. The molecule has 3 rings (SSSR count). The minimum atomic E-state index is 0.0371. The highest BCUT2D eigenvalue weighted by molar-refractivity contribution is 9.10. The highest BCUT2D eigenvalue weighted by atomic mass is 79.9. The molecule has 1 heterocycles. The number of hydrogen-bond acceptors (Lipinski definition) is 3. The van der Waals surface area contributed by atoms with E-state index >= 15 is 0 Å². The van der Waals surface area contributed by atoms with Gasteiger partial charge in [0, 0.05) is 17.1 Å². The van der Waals surface area contributed by atoms with Crippen LogP contribution in [0, 0.1) is 0 Å². The SMILES string of the molecule is CC(N)c1ccc(N2CCCOc3ccccc32)c(Br)c1. The standard InChI is InChI=1S/C17H19BrN2O/c1-12(19)13-7-8-15(14(18)11-13)20-9-4-10-21-17-6-3-2-5-16(17)20/h2-3,5-8,11-12H,4,9-10,19H2,1H3. The first kappa shape index (κ1) is 14.4. The van der Waals surface area contributed by atoms with E-state index in [9.17, 15) is 0 Å². The number of para-hydroxylation sites is 2. The third kappa shape index (κ3) is 2.92. The first-order valence-electron chi connectivity index (χ1n) is 7.21. The Hall–Kier alpha value is -1.52. The Morgan fingerprint density at radius 1 is 1.19 bits per heavy atom. The first-order chi connectivity index (χ1) is 10.2. The molecule has 0 fully saturated rings. The average Bonchev–Trinajstić information content (AvgIpc) is 2.69. The third-order valence-corrected chi connectivity index (χ3v) is 4.36. The van der Waals surface area contributed by atoms with Gasteiger partial charge in [0.2, 0.25) is 0 Å². The summed E-state index contributed by atoms with van der Waals surface area (Å²) in [6.45, 7) is 3.69. The molecule has 1 unspecified atom stereocenters. The summed E-state index contributed by atoms with van der Waals surface area (Å²) in [5, 5.41) is 0. The highest BCUT2D eigenvalue weighted by Gasteiger charge is 2.19. The van der Waals surface area contributed by atoms with Crippen molar-refractivity contribution in [3.8, 4) is 5.75 Å². The Balaban J connectivity index is 2.04. The van der Waals surface area contributed by atoms with Crippen LogP contribution < -0.4 is 15.4 Å². The van der Waals surface area contributed by atoms with Crippen molar-refractivity contribution in [2.24, 2.45) is 5.73 Å². The Morgan fingerprint density at radius 2 is 2.00 bits per heavy atom. The molecular weight excluding hydrogens is 328 g/mol. The molecule has 110 valence electrons. The van der Waals surface area contributed by atoms with Gasteiger partial charge in [-0.25, -0.2) is 0 Å². The van der Waals surface area contributed by atoms with Crippen molar-refractivity contribution < 1.29 is 4.74 Å². The van der Waals surface area contributed by atoms with Gasteiger partial charge in [-0.2, -0.15) is 0 Å². The van der Waals surface area contributed by atoms with Crippen molar-refractivity contribution in [1.29, 1.82) is 0 Å². The zero-order valence-corrected chi connectivity index (χ0v) is 13.6. The summed E-state index contributed by atoms with van der Waals surface area (Å²) >= 11 is 3.69. The second-order valence-corrected chi connectivity index (χ2v) is 6.18. The molecule has 0 spiro atoms. The van der Waals surface area contributed by atoms with E-state index in [-0.39, 0.29) is 6.04 Å². The van der Waals surface area contributed by atoms with Crippen LogP contribution in [0.2, 0.25) is 0 Å². The van der Waals surface area contributed by atoms with Crippen LogP contribution in [0.15, 0.2) is 46.9 Å². The smallest absolute Gasteiger partial charge is 0.142 e. The van der Waals surface area contributed by atoms with Gasteiger partial charge in [-0.1, -0.05) is 18.2 Å². The van der Waals surface area contributed by atoms with Crippen LogP contribution in [0.3, 0.4) is 0 Å². The molecule has 0 bridgehead atoms. The number of benzene rings is 2. The highest BCUT2D eigenvalue weighted by Crippen LogP contribution is 2.39. The molecule has 0 radical (unpaired) electrons. The number of hydrogen-bond donors (Lipinski definition) is 1. The second kappa shape index (κ2) is 6.08. The van der Waals surface area contributed by atoms with Gasteiger partial charge in [-0.3, -0.25) is 0 Å². The minimum Gasteiger partial charge on any atom is -0.491 e. The summed E-state index contributed by atoms with van der Waals surface area (Å²) in [7, 11) is 0. The lowest BCUT2D eigenvalue weighted by molar-refractivity contribution is 0.322. The molecule has 0 aromatic heterocycles. The van der Waals surface area contributed by atoms with Crippen molar-refractivity contribution in [2.75, 3.05) is 18.1 Å². The van der Waals surface area contributed by atoms with Crippen molar-refractivity contribution >= 4 is 27.3 Å². The van der Waals surface area contributed by atoms with Gasteiger partial charge in [-0.15, -0.1) is 0 Å². The second-order valence-electron chi connectivity index (χ2n) is 5.32. The Kier molecular flexibility index (Phi) is 4.17. The van der Waals surface area contributed by atoms with Crippen molar-refractivity contribution in [3.05, 3.63) is 52.5 Å². The van der Waals surface area contributed by atoms with Crippen LogP contribution in [-0.4, -0.2) is 13.2 Å². The van der Waals surface area contributed by atoms with Gasteiger partial charge in [0.15, 0.2) is 0 Å². The molecule has 2 N–H and O–H groups in total. The summed E-state index contributed by atoms with van der Waals surface area (Å²) < 4.78 is 6.89. The Labute approximate surface area is 133 Å². The fraction of sp³-hybridized carbons (Fsp3) is 0.294. The van der Waals surface area contributed by atoms with E-state index in [0.29, 0.717) is 0 Å². The summed E-state index contributed by atoms with van der Waals surface area (Å²) in [6, 6.07) is 14.6. The van der Waals surface area contributed by atoms with Gasteiger partial charge < -0.3 is 15.4 Å². The number of ether oxygens (including phenoxy) is 1. The number of nitrogens with zero attached hydrogens (tertiary/aromatic N) is 1. The molecule has 21 heavy (non-hydrogen) atoms. The predicted octanol–water partition coefficient (Wildman–Crippen LogP) is 4.39. The lowest BCUT2D eigenvalue weighted by atomic mass is 10.1. The molecule has 0 amide bonds. The van der Waals surface area contributed by atoms with Gasteiger partial charge in [0.05, 0.1) is 18.0 Å². The Morgan fingerprint density at radius 3 is 2.76 bits per heavy atom. The van der Waals surface area contributed by atoms with Gasteiger partial charge in [-0.05, 0) is 59.1 Å². The third-order valence-electron chi connectivity index (χ3n) is 3.73. The molecule has 1 aliphatic heterocycles. The number of rotatable bonds is 2. The lowest BCUT2D eigenvalue weighted by Crippen LogP contribution is -2.18. The summed E-state index contributed by atoms with van der Waals surface area (Å²) in [5.74, 6) is 0.943. The van der Waals surface area contributed by atoms with E-state index in [0.717, 1.165) is 46.7 Å². The summed E-state index contributed by atoms with van der Waals surface area (Å²) in [6.07, 6.45) is 0.996. The molecule has 0 aliphatic carbocycles. The molecule has 1 aliphatic rings. The normalized spacial score (nSPS) is 15.9. The summed E-state index contributed by atoms with van der Waals surface area (Å²) in [5.41, 5.74) is 9.35. The van der Waals surface area contributed by atoms with Gasteiger partial charge in [0.25, 0.3) is 0 Å². The molecule has 3 nitrogen and oxygen atoms in total. The minimum absolute atomic E-state index is 0.0371. The van der Waals surface area contributed by atoms with Crippen molar-refractivity contribution in [1.82, 2.24) is 0 Å². The van der Waals surface area contributed by atoms with Crippen LogP contribution in [0.25, 0.3) is 0 Å². The molecule has 4 heteroatoms. The fourth-order valence-electron chi connectivity index (χ4n) is 2.60. The average molecular weight is 347 g/mol. The monoisotopic (exact) mass is 346 g/mol. The topological polar surface area (TPSA) is 38.5 Å². The fourth-order valence-corrected chi connectivity index (χ4v) is 3.21. The molecule has 2 aromatic rings. The van der Waals surface area contributed by atoms with Crippen molar-refractivity contribution in [3.63, 3.8) is 0 Å². The number of nitrogens with two attached hydrogens (primary N) is 1. The van der Waals surface area contributed by atoms with E-state index in [1.165, 1.54) is 0 Å². The number of halogens is 1. The Bertz CT molecular complexity index is 642. The maximum absolute atomic E-state index is 5.96. The largest absolute Gasteiger partial charge is 0.491 e. The van der Waals surface area contributed by atoms with E-state index in [4.69, 9.17) is 10.5 Å². The van der Waals surface area contributed by atoms with E-state index in [2.05, 4.69) is 45.1 Å². The molecule has 2 aromatic carbocycles. The van der Waals surface area contributed by atoms with Crippen LogP contribution in [0.4, 0.5) is 11.4 Å². The lowest BCUT2D eigenvalue weighted by Gasteiger charge is -2.25. The maximum Gasteiger partial charge on any atom is 0.142 e. The van der Waals surface area contributed by atoms with Gasteiger partial charge in [0.1, 0.15) is 5.75 Å². The van der Waals surface area contributed by atoms with Crippen LogP contribution >= 0.6 is 15.9 Å². The number of fused-ring (bicyclic) bond motifs is 1. The predicted molar refractivity (Wildman–Crippen MR) is 90.3 cm³/mol. The zero-order chi connectivity index (χ0) is 14.8. The van der Waals surface area contributed by atoms with Crippen LogP contribution in [0.1, 0.15) is 24.9 Å². The van der Waals surface area contributed by atoms with Crippen LogP contribution in [0.5, 0.6) is 5.75 Å². The molecule has 0 saturated heterocycles. The van der Waals surface area contributed by atoms with E-state index in [1.807, 2.05) is 25.1 Å². The first-order valence-corrected chi connectivity index (χ1v) is 8.00. The zero-order valence-electron chi connectivity index (χ0n) is 12.1. The molecular formula is C17H19BrN2O. The number of anilines is 2. The maximum atomic E-state index is 5.96. The molecule has 1 atom stereocenters.